The second-order valence-electron chi connectivity index (χ2n) is 8.97. The van der Waals surface area contributed by atoms with Gasteiger partial charge in [0, 0.05) is 31.9 Å². The fourth-order valence-electron chi connectivity index (χ4n) is 4.82. The Bertz CT molecular complexity index is 1020. The number of benzene rings is 2. The van der Waals surface area contributed by atoms with Crippen molar-refractivity contribution in [2.45, 2.75) is 38.8 Å². The first-order chi connectivity index (χ1) is 16.0. The Morgan fingerprint density at radius 3 is 2.61 bits per heavy atom. The van der Waals surface area contributed by atoms with Crippen molar-refractivity contribution < 1.29 is 14.4 Å². The van der Waals surface area contributed by atoms with Gasteiger partial charge in [0.1, 0.15) is 0 Å². The molecule has 1 atom stereocenters. The molecule has 0 bridgehead atoms. The third kappa shape index (κ3) is 5.31. The van der Waals surface area contributed by atoms with E-state index in [1.54, 1.807) is 18.2 Å². The van der Waals surface area contributed by atoms with Crippen LogP contribution >= 0.6 is 0 Å². The van der Waals surface area contributed by atoms with Crippen molar-refractivity contribution in [2.75, 3.05) is 38.5 Å². The highest BCUT2D eigenvalue weighted by Crippen LogP contribution is 2.25. The summed E-state index contributed by atoms with van der Waals surface area (Å²) >= 11 is 0. The molecule has 0 aliphatic carbocycles. The molecule has 33 heavy (non-hydrogen) atoms. The minimum atomic E-state index is -0.334. The summed E-state index contributed by atoms with van der Waals surface area (Å²) in [6, 6.07) is 15.7. The van der Waals surface area contributed by atoms with Gasteiger partial charge >= 0.3 is 0 Å². The zero-order valence-corrected chi connectivity index (χ0v) is 19.4. The maximum atomic E-state index is 12.9. The van der Waals surface area contributed by atoms with Gasteiger partial charge in [-0.2, -0.15) is 0 Å². The molecule has 7 heteroatoms. The van der Waals surface area contributed by atoms with Crippen LogP contribution in [0.5, 0.6) is 0 Å². The van der Waals surface area contributed by atoms with Crippen LogP contribution in [-0.2, 0) is 11.3 Å². The van der Waals surface area contributed by atoms with Crippen molar-refractivity contribution in [1.82, 2.24) is 14.7 Å². The molecule has 0 saturated carbocycles. The lowest BCUT2D eigenvalue weighted by Crippen LogP contribution is -2.50. The number of likely N-dealkylation sites (tertiary alicyclic amines) is 1. The van der Waals surface area contributed by atoms with Crippen LogP contribution in [0.2, 0.25) is 0 Å². The fraction of sp³-hybridized carbons (Fsp3) is 0.423. The van der Waals surface area contributed by atoms with E-state index in [2.05, 4.69) is 46.3 Å². The highest BCUT2D eigenvalue weighted by Gasteiger charge is 2.33. The van der Waals surface area contributed by atoms with Crippen molar-refractivity contribution >= 4 is 23.4 Å². The van der Waals surface area contributed by atoms with E-state index >= 15 is 0 Å². The van der Waals surface area contributed by atoms with Gasteiger partial charge in [0.25, 0.3) is 11.8 Å². The minimum absolute atomic E-state index is 0.103. The van der Waals surface area contributed by atoms with Crippen LogP contribution in [-0.4, -0.2) is 71.7 Å². The number of carbonyl (C=O) groups is 3. The summed E-state index contributed by atoms with van der Waals surface area (Å²) in [4.78, 5) is 43.1. The van der Waals surface area contributed by atoms with Crippen LogP contribution in [0.1, 0.15) is 52.5 Å². The normalized spacial score (nSPS) is 18.6. The average Bonchev–Trinajstić information content (AvgIpc) is 3.03. The predicted molar refractivity (Wildman–Crippen MR) is 128 cm³/mol. The largest absolute Gasteiger partial charge is 0.325 e. The molecule has 1 fully saturated rings. The van der Waals surface area contributed by atoms with Gasteiger partial charge < -0.3 is 5.32 Å². The van der Waals surface area contributed by atoms with Gasteiger partial charge in [0.15, 0.2) is 0 Å². The van der Waals surface area contributed by atoms with Crippen molar-refractivity contribution in [3.05, 3.63) is 65.2 Å². The first-order valence-corrected chi connectivity index (χ1v) is 11.7. The van der Waals surface area contributed by atoms with E-state index in [1.165, 1.54) is 12.6 Å². The number of nitrogens with zero attached hydrogens (tertiary/aromatic N) is 3. The Labute approximate surface area is 195 Å². The molecule has 3 amide bonds. The Kier molecular flexibility index (Phi) is 7.20. The van der Waals surface area contributed by atoms with Crippen LogP contribution in [0.3, 0.4) is 0 Å². The van der Waals surface area contributed by atoms with Crippen LogP contribution in [0, 0.1) is 0 Å². The Morgan fingerprint density at radius 1 is 1.09 bits per heavy atom. The second-order valence-corrected chi connectivity index (χ2v) is 8.97. The molecule has 0 radical (unpaired) electrons. The highest BCUT2D eigenvalue weighted by molar-refractivity contribution is 6.21. The van der Waals surface area contributed by atoms with Crippen LogP contribution in [0.4, 0.5) is 5.69 Å². The summed E-state index contributed by atoms with van der Waals surface area (Å²) in [6.45, 7) is 6.26. The molecule has 0 spiro atoms. The number of hydrogen-bond acceptors (Lipinski definition) is 5. The molecule has 2 heterocycles. The maximum Gasteiger partial charge on any atom is 0.261 e. The number of hydrogen-bond donors (Lipinski definition) is 1. The third-order valence-electron chi connectivity index (χ3n) is 6.48. The topological polar surface area (TPSA) is 73.0 Å². The number of amides is 3. The number of imide groups is 1. The molecule has 2 aliphatic rings. The minimum Gasteiger partial charge on any atom is -0.325 e. The van der Waals surface area contributed by atoms with Crippen molar-refractivity contribution in [2.24, 2.45) is 0 Å². The summed E-state index contributed by atoms with van der Waals surface area (Å²) in [5, 5.41) is 2.92. The maximum absolute atomic E-state index is 12.9. The van der Waals surface area contributed by atoms with Gasteiger partial charge in [-0.05, 0) is 56.1 Å². The number of rotatable bonds is 8. The molecular weight excluding hydrogens is 416 g/mol. The van der Waals surface area contributed by atoms with Crippen molar-refractivity contribution in [3.63, 3.8) is 0 Å². The van der Waals surface area contributed by atoms with E-state index in [1.807, 2.05) is 6.07 Å². The Hall–Kier alpha value is -3.03. The van der Waals surface area contributed by atoms with Gasteiger partial charge in [-0.1, -0.05) is 37.3 Å². The standard InChI is InChI=1S/C26H32N4O3/c1-3-13-30(21-10-7-14-29(17-21)16-19-8-5-4-6-9-19)18-24(31)27-20-11-12-22-23(15-20)26(33)28(2)25(22)32/h4-6,8-9,11-12,15,21H,3,7,10,13-14,16-18H2,1-2H3,(H,27,31). The molecule has 2 aromatic carbocycles. The molecule has 4 rings (SSSR count). The summed E-state index contributed by atoms with van der Waals surface area (Å²) in [7, 11) is 1.47. The Morgan fingerprint density at radius 2 is 1.85 bits per heavy atom. The summed E-state index contributed by atoms with van der Waals surface area (Å²) < 4.78 is 0. The number of carbonyl (C=O) groups excluding carboxylic acids is 3. The smallest absolute Gasteiger partial charge is 0.261 e. The van der Waals surface area contributed by atoms with Crippen LogP contribution in [0.15, 0.2) is 48.5 Å². The van der Waals surface area contributed by atoms with Gasteiger partial charge in [-0.25, -0.2) is 0 Å². The summed E-state index contributed by atoms with van der Waals surface area (Å²) in [6.07, 6.45) is 3.18. The molecule has 7 nitrogen and oxygen atoms in total. The third-order valence-corrected chi connectivity index (χ3v) is 6.48. The first-order valence-electron chi connectivity index (χ1n) is 11.7. The molecular formula is C26H32N4O3. The van der Waals surface area contributed by atoms with E-state index in [0.717, 1.165) is 50.3 Å². The molecule has 2 aliphatic heterocycles. The van der Waals surface area contributed by atoms with Gasteiger partial charge in [0.2, 0.25) is 5.91 Å². The zero-order chi connectivity index (χ0) is 23.4. The molecule has 1 unspecified atom stereocenters. The molecule has 2 aromatic rings. The summed E-state index contributed by atoms with van der Waals surface area (Å²) in [5.74, 6) is -0.743. The van der Waals surface area contributed by atoms with E-state index in [4.69, 9.17) is 0 Å². The predicted octanol–water partition coefficient (Wildman–Crippen LogP) is 3.23. The summed E-state index contributed by atoms with van der Waals surface area (Å²) in [5.41, 5.74) is 2.58. The fourth-order valence-corrected chi connectivity index (χ4v) is 4.82. The van der Waals surface area contributed by atoms with E-state index in [9.17, 15) is 14.4 Å². The first kappa shape index (κ1) is 23.1. The molecule has 1 N–H and O–H groups in total. The van der Waals surface area contributed by atoms with E-state index in [-0.39, 0.29) is 17.7 Å². The van der Waals surface area contributed by atoms with Gasteiger partial charge in [-0.15, -0.1) is 0 Å². The highest BCUT2D eigenvalue weighted by atomic mass is 16.2. The number of nitrogens with one attached hydrogen (secondary N) is 1. The lowest BCUT2D eigenvalue weighted by molar-refractivity contribution is -0.118. The van der Waals surface area contributed by atoms with Crippen LogP contribution < -0.4 is 5.32 Å². The van der Waals surface area contributed by atoms with Gasteiger partial charge in [-0.3, -0.25) is 29.1 Å². The average molecular weight is 449 g/mol. The zero-order valence-electron chi connectivity index (χ0n) is 19.4. The van der Waals surface area contributed by atoms with Gasteiger partial charge in [0.05, 0.1) is 17.7 Å². The van der Waals surface area contributed by atoms with Crippen molar-refractivity contribution in [3.8, 4) is 0 Å². The number of anilines is 1. The number of piperidine rings is 1. The number of fused-ring (bicyclic) bond motifs is 1. The second kappa shape index (κ2) is 10.3. The lowest BCUT2D eigenvalue weighted by atomic mass is 10.0. The van der Waals surface area contributed by atoms with Crippen molar-refractivity contribution in [1.29, 1.82) is 0 Å². The molecule has 0 aromatic heterocycles. The Balaban J connectivity index is 1.38. The van der Waals surface area contributed by atoms with E-state index < -0.39 is 0 Å². The van der Waals surface area contributed by atoms with E-state index in [0.29, 0.717) is 29.4 Å². The molecule has 174 valence electrons. The quantitative estimate of drug-likeness (QED) is 0.628. The monoisotopic (exact) mass is 448 g/mol. The molecule has 1 saturated heterocycles. The van der Waals surface area contributed by atoms with Crippen LogP contribution in [0.25, 0.3) is 0 Å². The SMILES string of the molecule is CCCN(CC(=O)Nc1ccc2c(c1)C(=O)N(C)C2=O)C1CCCN(Cc2ccccc2)C1. The lowest BCUT2D eigenvalue weighted by Gasteiger charge is -2.39.